The predicted molar refractivity (Wildman–Crippen MR) is 161 cm³/mol. The van der Waals surface area contributed by atoms with Crippen molar-refractivity contribution in [3.8, 4) is 23.1 Å². The topological polar surface area (TPSA) is 146 Å². The SMILES string of the molecule is COc1ccccc1Oc1c(NS(=O)(=O)c2ccc(C(C)(C)C)cc2)nc(C2CC2)nc1OCCNS(=O)(=O)C(C)C. The lowest BCUT2D eigenvalue weighted by atomic mass is 9.87. The monoisotopic (exact) mass is 618 g/mol. The van der Waals surface area contributed by atoms with Gasteiger partial charge in [-0.05, 0) is 61.9 Å². The molecule has 1 heterocycles. The molecule has 0 amide bonds. The number of sulfonamides is 2. The van der Waals surface area contributed by atoms with Gasteiger partial charge < -0.3 is 14.2 Å². The molecule has 1 saturated carbocycles. The van der Waals surface area contributed by atoms with Crippen LogP contribution < -0.4 is 23.7 Å². The van der Waals surface area contributed by atoms with E-state index in [9.17, 15) is 16.8 Å². The molecule has 0 bridgehead atoms. The number of methoxy groups -OCH3 is 1. The molecule has 0 aliphatic heterocycles. The van der Waals surface area contributed by atoms with Crippen LogP contribution in [0.4, 0.5) is 5.82 Å². The van der Waals surface area contributed by atoms with E-state index >= 15 is 0 Å². The highest BCUT2D eigenvalue weighted by molar-refractivity contribution is 7.92. The average molecular weight is 619 g/mol. The minimum absolute atomic E-state index is 0.0256. The van der Waals surface area contributed by atoms with Gasteiger partial charge in [0, 0.05) is 12.5 Å². The van der Waals surface area contributed by atoms with E-state index in [1.165, 1.54) is 7.11 Å². The molecule has 11 nitrogen and oxygen atoms in total. The second-order valence-electron chi connectivity index (χ2n) is 11.3. The van der Waals surface area contributed by atoms with Crippen LogP contribution in [-0.2, 0) is 25.5 Å². The first-order chi connectivity index (χ1) is 19.7. The lowest BCUT2D eigenvalue weighted by Crippen LogP contribution is -2.33. The number of anilines is 1. The molecule has 4 rings (SSSR count). The Hall–Kier alpha value is -3.42. The third-order valence-corrected chi connectivity index (χ3v) is 9.80. The Morgan fingerprint density at radius 1 is 0.952 bits per heavy atom. The normalized spacial score (nSPS) is 14.1. The third-order valence-electron chi connectivity index (χ3n) is 6.60. The zero-order valence-electron chi connectivity index (χ0n) is 24.7. The molecule has 2 N–H and O–H groups in total. The Bertz CT molecular complexity index is 1610. The summed E-state index contributed by atoms with van der Waals surface area (Å²) >= 11 is 0. The number of aromatic nitrogens is 2. The molecule has 228 valence electrons. The highest BCUT2D eigenvalue weighted by atomic mass is 32.2. The van der Waals surface area contributed by atoms with Crippen molar-refractivity contribution in [3.63, 3.8) is 0 Å². The zero-order chi connectivity index (χ0) is 30.7. The van der Waals surface area contributed by atoms with Crippen LogP contribution in [-0.4, -0.2) is 52.3 Å². The summed E-state index contributed by atoms with van der Waals surface area (Å²) in [5, 5.41) is -0.610. The number of benzene rings is 2. The minimum Gasteiger partial charge on any atom is -0.493 e. The molecule has 13 heteroatoms. The van der Waals surface area contributed by atoms with Crippen molar-refractivity contribution in [1.29, 1.82) is 0 Å². The maximum atomic E-state index is 13.6. The van der Waals surface area contributed by atoms with Crippen molar-refractivity contribution in [2.24, 2.45) is 0 Å². The summed E-state index contributed by atoms with van der Waals surface area (Å²) in [6.45, 7) is 9.17. The van der Waals surface area contributed by atoms with E-state index in [-0.39, 0.29) is 52.6 Å². The molecule has 0 saturated heterocycles. The molecule has 1 fully saturated rings. The molecule has 2 aromatic carbocycles. The van der Waals surface area contributed by atoms with Crippen molar-refractivity contribution >= 4 is 25.9 Å². The molecule has 0 radical (unpaired) electrons. The zero-order valence-corrected chi connectivity index (χ0v) is 26.3. The van der Waals surface area contributed by atoms with Crippen LogP contribution in [0.3, 0.4) is 0 Å². The Kier molecular flexibility index (Phi) is 9.33. The van der Waals surface area contributed by atoms with E-state index in [0.717, 1.165) is 18.4 Å². The lowest BCUT2D eigenvalue weighted by Gasteiger charge is -2.20. The largest absolute Gasteiger partial charge is 0.493 e. The van der Waals surface area contributed by atoms with Crippen molar-refractivity contribution < 1.29 is 31.0 Å². The highest BCUT2D eigenvalue weighted by Crippen LogP contribution is 2.45. The van der Waals surface area contributed by atoms with Crippen LogP contribution in [0.1, 0.15) is 64.8 Å². The highest BCUT2D eigenvalue weighted by Gasteiger charge is 2.32. The Morgan fingerprint density at radius 2 is 1.60 bits per heavy atom. The second-order valence-corrected chi connectivity index (χ2v) is 15.3. The minimum atomic E-state index is -4.10. The van der Waals surface area contributed by atoms with Crippen LogP contribution >= 0.6 is 0 Å². The molecule has 1 aliphatic carbocycles. The number of rotatable bonds is 13. The van der Waals surface area contributed by atoms with Gasteiger partial charge in [-0.1, -0.05) is 45.0 Å². The molecule has 0 unspecified atom stereocenters. The number of nitrogens with zero attached hydrogens (tertiary/aromatic N) is 2. The van der Waals surface area contributed by atoms with Crippen LogP contribution in [0.2, 0.25) is 0 Å². The van der Waals surface area contributed by atoms with Gasteiger partial charge in [-0.2, -0.15) is 4.98 Å². The Morgan fingerprint density at radius 3 is 2.17 bits per heavy atom. The Labute approximate surface area is 248 Å². The van der Waals surface area contributed by atoms with Crippen molar-refractivity contribution in [2.45, 2.75) is 68.9 Å². The summed E-state index contributed by atoms with van der Waals surface area (Å²) in [6.07, 6.45) is 1.70. The summed E-state index contributed by atoms with van der Waals surface area (Å²) in [7, 11) is -6.12. The van der Waals surface area contributed by atoms with Gasteiger partial charge in [0.05, 0.1) is 17.3 Å². The number of nitrogens with one attached hydrogen (secondary N) is 2. The maximum absolute atomic E-state index is 13.6. The first-order valence-corrected chi connectivity index (χ1v) is 16.7. The summed E-state index contributed by atoms with van der Waals surface area (Å²) in [4.78, 5) is 9.14. The maximum Gasteiger partial charge on any atom is 0.263 e. The van der Waals surface area contributed by atoms with Crippen LogP contribution in [0.25, 0.3) is 0 Å². The van der Waals surface area contributed by atoms with E-state index in [1.54, 1.807) is 62.4 Å². The van der Waals surface area contributed by atoms with E-state index in [0.29, 0.717) is 11.6 Å². The second kappa shape index (κ2) is 12.4. The standard InChI is InChI=1S/C29H38N4O7S2/c1-19(2)41(34,35)30-17-18-39-28-25(40-24-10-8-7-9-23(24)38-6)27(31-26(32-28)20-11-12-20)33-42(36,37)22-15-13-21(14-16-22)29(3,4)5/h7-10,13-16,19-20,30H,11-12,17-18H2,1-6H3,(H,31,32,33). The van der Waals surface area contributed by atoms with Gasteiger partial charge in [0.1, 0.15) is 12.4 Å². The molecule has 0 atom stereocenters. The van der Waals surface area contributed by atoms with Gasteiger partial charge in [0.15, 0.2) is 17.3 Å². The first-order valence-electron chi connectivity index (χ1n) is 13.7. The smallest absolute Gasteiger partial charge is 0.263 e. The molecule has 1 aromatic heterocycles. The van der Waals surface area contributed by atoms with Gasteiger partial charge in [0.25, 0.3) is 15.9 Å². The van der Waals surface area contributed by atoms with E-state index < -0.39 is 25.3 Å². The number of hydrogen-bond donors (Lipinski definition) is 2. The lowest BCUT2D eigenvalue weighted by molar-refractivity contribution is 0.290. The molecule has 1 aliphatic rings. The number of ether oxygens (including phenoxy) is 3. The van der Waals surface area contributed by atoms with E-state index in [1.807, 2.05) is 20.8 Å². The quantitative estimate of drug-likeness (QED) is 0.254. The molecule has 42 heavy (non-hydrogen) atoms. The van der Waals surface area contributed by atoms with Crippen LogP contribution in [0.15, 0.2) is 53.4 Å². The summed E-state index contributed by atoms with van der Waals surface area (Å²) in [5.74, 6) is 0.916. The number of hydrogen-bond acceptors (Lipinski definition) is 9. The van der Waals surface area contributed by atoms with Gasteiger partial charge in [0.2, 0.25) is 15.8 Å². The molecule has 3 aromatic rings. The fourth-order valence-corrected chi connectivity index (χ4v) is 5.57. The first kappa shape index (κ1) is 31.5. The van der Waals surface area contributed by atoms with Crippen molar-refractivity contribution in [2.75, 3.05) is 25.0 Å². The molecule has 0 spiro atoms. The van der Waals surface area contributed by atoms with E-state index in [4.69, 9.17) is 14.2 Å². The van der Waals surface area contributed by atoms with Gasteiger partial charge >= 0.3 is 0 Å². The Balaban J connectivity index is 1.73. The van der Waals surface area contributed by atoms with Crippen LogP contribution in [0.5, 0.6) is 23.1 Å². The van der Waals surface area contributed by atoms with Crippen molar-refractivity contribution in [3.05, 3.63) is 59.9 Å². The summed E-state index contributed by atoms with van der Waals surface area (Å²) in [5.41, 5.74) is 0.843. The van der Waals surface area contributed by atoms with Gasteiger partial charge in [-0.25, -0.2) is 26.5 Å². The number of para-hydroxylation sites is 2. The fourth-order valence-electron chi connectivity index (χ4n) is 3.86. The summed E-state index contributed by atoms with van der Waals surface area (Å²) < 4.78 is 74.0. The summed E-state index contributed by atoms with van der Waals surface area (Å²) in [6, 6.07) is 13.5. The van der Waals surface area contributed by atoms with Crippen molar-refractivity contribution in [1.82, 2.24) is 14.7 Å². The third kappa shape index (κ3) is 7.69. The van der Waals surface area contributed by atoms with Crippen LogP contribution in [0, 0.1) is 0 Å². The predicted octanol–water partition coefficient (Wildman–Crippen LogP) is 4.96. The van der Waals surface area contributed by atoms with E-state index in [2.05, 4.69) is 19.4 Å². The molecular formula is C29H38N4O7S2. The van der Waals surface area contributed by atoms with Gasteiger partial charge in [-0.3, -0.25) is 4.72 Å². The average Bonchev–Trinajstić information content (AvgIpc) is 3.78. The fraction of sp³-hybridized carbons (Fsp3) is 0.448. The van der Waals surface area contributed by atoms with Gasteiger partial charge in [-0.15, -0.1) is 0 Å². The molecular weight excluding hydrogens is 580 g/mol.